The van der Waals surface area contributed by atoms with Crippen molar-refractivity contribution in [1.82, 2.24) is 14.2 Å². The number of thiazole rings is 1. The molecule has 1 unspecified atom stereocenters. The van der Waals surface area contributed by atoms with Gasteiger partial charge >= 0.3 is 0 Å². The molecule has 0 aliphatic carbocycles. The van der Waals surface area contributed by atoms with Crippen molar-refractivity contribution in [1.29, 1.82) is 0 Å². The van der Waals surface area contributed by atoms with Crippen LogP contribution in [0.1, 0.15) is 23.2 Å². The molecule has 2 saturated heterocycles. The Hall–Kier alpha value is -2.24. The number of aromatic nitrogens is 1. The van der Waals surface area contributed by atoms with Gasteiger partial charge in [-0.05, 0) is 55.3 Å². The SMILES string of the molecule is CN(CC1CCCO1)S(=O)(=O)c1ccc(C(=O)N2CCN(c3nc4ccc(Cl)cc4s3)CC2)cc1. The van der Waals surface area contributed by atoms with Crippen LogP contribution in [0.3, 0.4) is 0 Å². The molecule has 35 heavy (non-hydrogen) atoms. The van der Waals surface area contributed by atoms with Gasteiger partial charge in [0.2, 0.25) is 10.0 Å². The van der Waals surface area contributed by atoms with E-state index in [0.717, 1.165) is 28.2 Å². The van der Waals surface area contributed by atoms with Crippen molar-refractivity contribution >= 4 is 54.2 Å². The zero-order valence-electron chi connectivity index (χ0n) is 19.4. The van der Waals surface area contributed by atoms with Crippen molar-refractivity contribution in [2.75, 3.05) is 51.3 Å². The lowest BCUT2D eigenvalue weighted by atomic mass is 10.2. The van der Waals surface area contributed by atoms with Crippen LogP contribution in [0.5, 0.6) is 0 Å². The average Bonchev–Trinajstić information content (AvgIpc) is 3.53. The molecule has 186 valence electrons. The molecule has 0 bridgehead atoms. The molecule has 1 atom stereocenters. The largest absolute Gasteiger partial charge is 0.377 e. The molecule has 0 radical (unpaired) electrons. The zero-order chi connectivity index (χ0) is 24.6. The molecule has 8 nitrogen and oxygen atoms in total. The summed E-state index contributed by atoms with van der Waals surface area (Å²) in [5, 5.41) is 1.62. The first-order valence-electron chi connectivity index (χ1n) is 11.6. The first kappa shape index (κ1) is 24.5. The van der Waals surface area contributed by atoms with Crippen LogP contribution in [0.25, 0.3) is 10.2 Å². The molecule has 3 heterocycles. The van der Waals surface area contributed by atoms with E-state index in [2.05, 4.69) is 4.90 Å². The number of carbonyl (C=O) groups is 1. The van der Waals surface area contributed by atoms with Crippen LogP contribution in [-0.2, 0) is 14.8 Å². The Morgan fingerprint density at radius 2 is 1.91 bits per heavy atom. The number of ether oxygens (including phenoxy) is 1. The third-order valence-corrected chi connectivity index (χ3v) is 9.62. The highest BCUT2D eigenvalue weighted by Gasteiger charge is 2.27. The summed E-state index contributed by atoms with van der Waals surface area (Å²) in [4.78, 5) is 21.9. The predicted octanol–water partition coefficient (Wildman–Crippen LogP) is 3.71. The molecular weight excluding hydrogens is 508 g/mol. The Balaban J connectivity index is 1.20. The molecule has 0 spiro atoms. The molecule has 2 fully saturated rings. The minimum absolute atomic E-state index is 0.0603. The Morgan fingerprint density at radius 3 is 2.60 bits per heavy atom. The van der Waals surface area contributed by atoms with Gasteiger partial charge in [0.05, 0.1) is 21.2 Å². The van der Waals surface area contributed by atoms with Gasteiger partial charge in [-0.1, -0.05) is 22.9 Å². The zero-order valence-corrected chi connectivity index (χ0v) is 21.8. The normalized spacial score (nSPS) is 19.1. The smallest absolute Gasteiger partial charge is 0.253 e. The summed E-state index contributed by atoms with van der Waals surface area (Å²) < 4.78 is 33.8. The molecule has 0 N–H and O–H groups in total. The molecule has 2 aliphatic rings. The van der Waals surface area contributed by atoms with E-state index in [0.29, 0.717) is 49.9 Å². The van der Waals surface area contributed by atoms with Crippen molar-refractivity contribution in [2.45, 2.75) is 23.8 Å². The quantitative estimate of drug-likeness (QED) is 0.479. The van der Waals surface area contributed by atoms with Gasteiger partial charge in [-0.25, -0.2) is 13.4 Å². The van der Waals surface area contributed by atoms with E-state index < -0.39 is 10.0 Å². The fourth-order valence-corrected chi connectivity index (χ4v) is 6.92. The number of amides is 1. The number of halogens is 1. The Bertz CT molecular complexity index is 1320. The maximum Gasteiger partial charge on any atom is 0.253 e. The van der Waals surface area contributed by atoms with Gasteiger partial charge in [0.1, 0.15) is 0 Å². The number of likely N-dealkylation sites (N-methyl/N-ethyl adjacent to an activating group) is 1. The van der Waals surface area contributed by atoms with Crippen LogP contribution in [0.4, 0.5) is 5.13 Å². The molecule has 1 aromatic heterocycles. The second-order valence-electron chi connectivity index (χ2n) is 8.83. The topological polar surface area (TPSA) is 83.0 Å². The van der Waals surface area contributed by atoms with Gasteiger partial charge in [-0.2, -0.15) is 4.31 Å². The number of benzene rings is 2. The lowest BCUT2D eigenvalue weighted by Crippen LogP contribution is -2.48. The van der Waals surface area contributed by atoms with E-state index in [4.69, 9.17) is 21.3 Å². The number of piperazine rings is 1. The first-order chi connectivity index (χ1) is 16.8. The number of nitrogens with zero attached hydrogens (tertiary/aromatic N) is 4. The third-order valence-electron chi connectivity index (χ3n) is 6.47. The Labute approximate surface area is 214 Å². The summed E-state index contributed by atoms with van der Waals surface area (Å²) in [7, 11) is -2.07. The molecular formula is C24H27ClN4O4S2. The molecule has 3 aromatic rings. The van der Waals surface area contributed by atoms with E-state index >= 15 is 0 Å². The number of hydrogen-bond donors (Lipinski definition) is 0. The molecule has 2 aromatic carbocycles. The number of sulfonamides is 1. The van der Waals surface area contributed by atoms with Crippen LogP contribution in [-0.4, -0.2) is 81.0 Å². The van der Waals surface area contributed by atoms with Crippen LogP contribution >= 0.6 is 22.9 Å². The van der Waals surface area contributed by atoms with Gasteiger partial charge < -0.3 is 14.5 Å². The predicted molar refractivity (Wildman–Crippen MR) is 138 cm³/mol. The van der Waals surface area contributed by atoms with Gasteiger partial charge in [-0.15, -0.1) is 0 Å². The van der Waals surface area contributed by atoms with Crippen LogP contribution in [0.2, 0.25) is 5.02 Å². The van der Waals surface area contributed by atoms with Crippen molar-refractivity contribution in [3.63, 3.8) is 0 Å². The maximum absolute atomic E-state index is 13.0. The van der Waals surface area contributed by atoms with Crippen molar-refractivity contribution in [3.05, 3.63) is 53.1 Å². The average molecular weight is 535 g/mol. The minimum atomic E-state index is -3.64. The highest BCUT2D eigenvalue weighted by molar-refractivity contribution is 7.89. The van der Waals surface area contributed by atoms with Gasteiger partial charge in [0.15, 0.2) is 5.13 Å². The van der Waals surface area contributed by atoms with E-state index in [9.17, 15) is 13.2 Å². The standard InChI is InChI=1S/C24H27ClN4O4S2/c1-27(16-19-3-2-14-33-19)35(31,32)20-7-4-17(5-8-20)23(30)28-10-12-29(13-11-28)24-26-21-9-6-18(25)15-22(21)34-24/h4-9,15,19H,2-3,10-14,16H2,1H3. The minimum Gasteiger partial charge on any atom is -0.377 e. The number of carbonyl (C=O) groups excluding carboxylic acids is 1. The lowest BCUT2D eigenvalue weighted by molar-refractivity contribution is 0.0746. The second-order valence-corrected chi connectivity index (χ2v) is 12.3. The van der Waals surface area contributed by atoms with Crippen LogP contribution < -0.4 is 4.90 Å². The molecule has 11 heteroatoms. The summed E-state index contributed by atoms with van der Waals surface area (Å²) in [6.45, 7) is 3.51. The monoisotopic (exact) mass is 534 g/mol. The highest BCUT2D eigenvalue weighted by Crippen LogP contribution is 2.31. The van der Waals surface area contributed by atoms with Gasteiger partial charge in [-0.3, -0.25) is 4.79 Å². The lowest BCUT2D eigenvalue weighted by Gasteiger charge is -2.34. The van der Waals surface area contributed by atoms with Crippen molar-refractivity contribution in [2.24, 2.45) is 0 Å². The fraction of sp³-hybridized carbons (Fsp3) is 0.417. The van der Waals surface area contributed by atoms with E-state index in [1.165, 1.54) is 16.4 Å². The third kappa shape index (κ3) is 5.17. The van der Waals surface area contributed by atoms with Crippen LogP contribution in [0, 0.1) is 0 Å². The molecule has 5 rings (SSSR count). The fourth-order valence-electron chi connectivity index (χ4n) is 4.43. The molecule has 0 saturated carbocycles. The number of anilines is 1. The van der Waals surface area contributed by atoms with E-state index in [1.807, 2.05) is 18.2 Å². The molecule has 2 aliphatic heterocycles. The first-order valence-corrected chi connectivity index (χ1v) is 14.2. The van der Waals surface area contributed by atoms with Gasteiger partial charge in [0, 0.05) is 57.0 Å². The summed E-state index contributed by atoms with van der Waals surface area (Å²) >= 11 is 7.69. The Morgan fingerprint density at radius 1 is 1.17 bits per heavy atom. The molecule has 1 amide bonds. The van der Waals surface area contributed by atoms with Crippen LogP contribution in [0.15, 0.2) is 47.4 Å². The second kappa shape index (κ2) is 10.0. The summed E-state index contributed by atoms with van der Waals surface area (Å²) in [5.41, 5.74) is 1.40. The highest BCUT2D eigenvalue weighted by atomic mass is 35.5. The van der Waals surface area contributed by atoms with Gasteiger partial charge in [0.25, 0.3) is 5.91 Å². The summed E-state index contributed by atoms with van der Waals surface area (Å²) in [5.74, 6) is -0.0996. The summed E-state index contributed by atoms with van der Waals surface area (Å²) in [6, 6.07) is 11.9. The number of hydrogen-bond acceptors (Lipinski definition) is 7. The van der Waals surface area contributed by atoms with E-state index in [1.54, 1.807) is 35.4 Å². The number of fused-ring (bicyclic) bond motifs is 1. The number of rotatable bonds is 6. The van der Waals surface area contributed by atoms with E-state index in [-0.39, 0.29) is 16.9 Å². The van der Waals surface area contributed by atoms with Crippen molar-refractivity contribution in [3.8, 4) is 0 Å². The van der Waals surface area contributed by atoms with Crippen molar-refractivity contribution < 1.29 is 17.9 Å². The Kier molecular flexibility index (Phi) is 7.00. The summed E-state index contributed by atoms with van der Waals surface area (Å²) in [6.07, 6.45) is 1.77. The maximum atomic E-state index is 13.0.